The van der Waals surface area contributed by atoms with Gasteiger partial charge in [0.2, 0.25) is 17.7 Å². The fourth-order valence-electron chi connectivity index (χ4n) is 4.45. The first-order chi connectivity index (χ1) is 21.4. The zero-order valence-corrected chi connectivity index (χ0v) is 25.5. The minimum absolute atomic E-state index is 0.00809. The summed E-state index contributed by atoms with van der Waals surface area (Å²) in [5, 5.41) is 66.9. The molecule has 46 heavy (non-hydrogen) atoms. The highest BCUT2D eigenvalue weighted by Crippen LogP contribution is 2.24. The average molecular weight is 666 g/mol. The highest BCUT2D eigenvalue weighted by Gasteiger charge is 2.48. The maximum Gasteiger partial charge on any atom is 0.332 e. The molecule has 262 valence electrons. The lowest BCUT2D eigenvalue weighted by Gasteiger charge is -2.45. The van der Waals surface area contributed by atoms with Gasteiger partial charge in [-0.15, -0.1) is 0 Å². The number of aliphatic carboxylic acids is 4. The fraction of sp³-hybridized carbons (Fsp3) is 0.731. The Morgan fingerprint density at radius 3 is 1.98 bits per heavy atom. The summed E-state index contributed by atoms with van der Waals surface area (Å²) < 4.78 is 11.1. The van der Waals surface area contributed by atoms with Crippen LogP contribution in [0.4, 0.5) is 0 Å². The quantitative estimate of drug-likeness (QED) is 0.0588. The van der Waals surface area contributed by atoms with Gasteiger partial charge in [-0.1, -0.05) is 0 Å². The molecule has 1 aliphatic rings. The average Bonchev–Trinajstić information content (AvgIpc) is 2.96. The van der Waals surface area contributed by atoms with Gasteiger partial charge in [0.1, 0.15) is 42.7 Å². The molecule has 0 aromatic carbocycles. The van der Waals surface area contributed by atoms with E-state index in [0.29, 0.717) is 0 Å². The van der Waals surface area contributed by atoms with E-state index < -0.39 is 122 Å². The van der Waals surface area contributed by atoms with Gasteiger partial charge in [-0.05, 0) is 39.5 Å². The molecular weight excluding hydrogens is 622 g/mol. The minimum Gasteiger partial charge on any atom is -0.481 e. The van der Waals surface area contributed by atoms with Crippen LogP contribution in [-0.4, -0.2) is 140 Å². The lowest BCUT2D eigenvalue weighted by molar-refractivity contribution is -0.226. The molecule has 3 amide bonds. The first-order valence-corrected chi connectivity index (χ1v) is 14.3. The van der Waals surface area contributed by atoms with Crippen molar-refractivity contribution in [1.29, 1.82) is 0 Å². The first-order valence-electron chi connectivity index (χ1n) is 14.3. The molecule has 1 saturated heterocycles. The van der Waals surface area contributed by atoms with Crippen LogP contribution < -0.4 is 27.0 Å². The Labute approximate surface area is 263 Å². The van der Waals surface area contributed by atoms with Gasteiger partial charge in [-0.25, -0.2) is 9.59 Å². The van der Waals surface area contributed by atoms with E-state index in [4.69, 9.17) is 25.4 Å². The molecule has 0 aliphatic carbocycles. The highest BCUT2D eigenvalue weighted by atomic mass is 16.6. The van der Waals surface area contributed by atoms with E-state index in [0.717, 1.165) is 6.92 Å². The van der Waals surface area contributed by atoms with Gasteiger partial charge in [-0.3, -0.25) is 29.3 Å². The van der Waals surface area contributed by atoms with E-state index in [1.165, 1.54) is 13.8 Å². The second-order valence-electron chi connectivity index (χ2n) is 10.7. The molecule has 1 heterocycles. The molecule has 0 aromatic rings. The second-order valence-corrected chi connectivity index (χ2v) is 10.7. The van der Waals surface area contributed by atoms with Gasteiger partial charge < -0.3 is 61.8 Å². The van der Waals surface area contributed by atoms with E-state index in [1.54, 1.807) is 0 Å². The molecular formula is C26H43N5O15. The van der Waals surface area contributed by atoms with Crippen LogP contribution in [0.5, 0.6) is 0 Å². The molecule has 20 nitrogen and oxygen atoms in total. The summed E-state index contributed by atoms with van der Waals surface area (Å²) in [6, 6.07) is -6.91. The lowest BCUT2D eigenvalue weighted by atomic mass is 9.95. The predicted octanol–water partition coefficient (Wildman–Crippen LogP) is -4.09. The number of nitrogens with two attached hydrogens (primary N) is 1. The molecule has 0 unspecified atom stereocenters. The molecule has 0 bridgehead atoms. The van der Waals surface area contributed by atoms with Crippen LogP contribution in [0, 0.1) is 0 Å². The highest BCUT2D eigenvalue weighted by molar-refractivity contribution is 5.92. The maximum absolute atomic E-state index is 13.2. The van der Waals surface area contributed by atoms with Crippen molar-refractivity contribution in [1.82, 2.24) is 21.3 Å². The molecule has 0 spiro atoms. The van der Waals surface area contributed by atoms with Crippen LogP contribution in [0.1, 0.15) is 52.9 Å². The van der Waals surface area contributed by atoms with E-state index in [1.807, 2.05) is 0 Å². The van der Waals surface area contributed by atoms with Gasteiger partial charge in [0.25, 0.3) is 0 Å². The summed E-state index contributed by atoms with van der Waals surface area (Å²) in [6.45, 7) is 2.81. The zero-order valence-electron chi connectivity index (χ0n) is 25.5. The van der Waals surface area contributed by atoms with Crippen molar-refractivity contribution < 1.29 is 73.7 Å². The molecule has 12 N–H and O–H groups in total. The third-order valence-corrected chi connectivity index (χ3v) is 7.01. The van der Waals surface area contributed by atoms with Crippen molar-refractivity contribution in [3.63, 3.8) is 0 Å². The Kier molecular flexibility index (Phi) is 16.5. The maximum atomic E-state index is 13.2. The number of carboxylic acids is 4. The van der Waals surface area contributed by atoms with Crippen LogP contribution in [0.15, 0.2) is 0 Å². The first kappa shape index (κ1) is 40.1. The smallest absolute Gasteiger partial charge is 0.332 e. The van der Waals surface area contributed by atoms with Gasteiger partial charge >= 0.3 is 23.9 Å². The van der Waals surface area contributed by atoms with Crippen LogP contribution in [0.3, 0.4) is 0 Å². The molecule has 0 aromatic heterocycles. The number of aliphatic hydroxyl groups excluding tert-OH is 2. The summed E-state index contributed by atoms with van der Waals surface area (Å²) in [4.78, 5) is 83.4. The Morgan fingerprint density at radius 1 is 0.870 bits per heavy atom. The number of rotatable bonds is 20. The third-order valence-electron chi connectivity index (χ3n) is 7.01. The summed E-state index contributed by atoms with van der Waals surface area (Å²) in [6.07, 6.45) is -8.60. The van der Waals surface area contributed by atoms with Crippen molar-refractivity contribution in [3.8, 4) is 0 Å². The van der Waals surface area contributed by atoms with Crippen molar-refractivity contribution in [2.75, 3.05) is 6.61 Å². The van der Waals surface area contributed by atoms with Gasteiger partial charge in [-0.2, -0.15) is 0 Å². The van der Waals surface area contributed by atoms with Crippen LogP contribution in [-0.2, 0) is 43.0 Å². The molecule has 0 radical (unpaired) electrons. The number of carboxylic acid groups (broad SMARTS) is 4. The van der Waals surface area contributed by atoms with Crippen LogP contribution in [0.25, 0.3) is 0 Å². The third kappa shape index (κ3) is 12.8. The minimum atomic E-state index is -1.61. The number of nitrogens with one attached hydrogen (secondary N) is 4. The summed E-state index contributed by atoms with van der Waals surface area (Å²) in [7, 11) is 0. The second kappa shape index (κ2) is 18.9. The Morgan fingerprint density at radius 2 is 1.48 bits per heavy atom. The number of hydrogen-bond acceptors (Lipinski definition) is 13. The van der Waals surface area contributed by atoms with E-state index >= 15 is 0 Å². The summed E-state index contributed by atoms with van der Waals surface area (Å²) in [5.41, 5.74) is 5.41. The number of aliphatic hydroxyl groups is 2. The number of carbonyl (C=O) groups excluding carboxylic acids is 3. The van der Waals surface area contributed by atoms with Crippen molar-refractivity contribution in [2.45, 2.75) is 114 Å². The van der Waals surface area contributed by atoms with Gasteiger partial charge in [0, 0.05) is 13.3 Å². The summed E-state index contributed by atoms with van der Waals surface area (Å²) >= 11 is 0. The van der Waals surface area contributed by atoms with Crippen molar-refractivity contribution >= 4 is 41.6 Å². The molecule has 0 saturated carbocycles. The van der Waals surface area contributed by atoms with Crippen molar-refractivity contribution in [2.24, 2.45) is 5.73 Å². The van der Waals surface area contributed by atoms with E-state index in [2.05, 4.69) is 21.3 Å². The summed E-state index contributed by atoms with van der Waals surface area (Å²) in [5.74, 6) is -8.08. The Balaban J connectivity index is 3.13. The molecule has 1 rings (SSSR count). The van der Waals surface area contributed by atoms with Gasteiger partial charge in [0.15, 0.2) is 6.10 Å². The van der Waals surface area contributed by atoms with E-state index in [9.17, 15) is 54.0 Å². The number of carbonyl (C=O) groups is 7. The molecule has 1 fully saturated rings. The zero-order chi connectivity index (χ0) is 35.3. The van der Waals surface area contributed by atoms with Crippen molar-refractivity contribution in [3.05, 3.63) is 0 Å². The number of hydrogen-bond donors (Lipinski definition) is 11. The van der Waals surface area contributed by atoms with E-state index in [-0.39, 0.29) is 19.3 Å². The lowest BCUT2D eigenvalue weighted by Crippen LogP contribution is -2.70. The fourth-order valence-corrected chi connectivity index (χ4v) is 4.45. The molecule has 10 atom stereocenters. The molecule has 20 heteroatoms. The standard InChI is InChI=1S/C26H43N5O15/c1-10(28-23-18(29-12(3)33)20(45-11(2)24(39)40)19(36)16(9-32)46-23)21(37)30-14(7-8-17(34)35)22(38)31-15(26(43)44)6-4-5-13(27)25(41)42/h10-11,13-16,18-20,23,28,32,36H,4-9,27H2,1-3H3,(H,29,33)(H,30,37)(H,31,38)(H,34,35)(H,39,40)(H,41,42)(H,43,44)/t10-,11+,13+,14+,15-,16+,18+,19+,20+,23+/m0/s1. The number of amides is 3. The molecule has 1 aliphatic heterocycles. The van der Waals surface area contributed by atoms with Gasteiger partial charge in [0.05, 0.1) is 18.7 Å². The van der Waals surface area contributed by atoms with Crippen LogP contribution in [0.2, 0.25) is 0 Å². The predicted molar refractivity (Wildman–Crippen MR) is 152 cm³/mol. The largest absolute Gasteiger partial charge is 0.481 e. The monoisotopic (exact) mass is 665 g/mol. The van der Waals surface area contributed by atoms with Crippen LogP contribution >= 0.6 is 0 Å². The topological polar surface area (TPSA) is 333 Å². The SMILES string of the molecule is CC(=O)N[C@@H]1[C@@H](O[C@H](C)C(=O)O)[C@H](O)[C@@H](CO)O[C@H]1N[C@@H](C)C(=O)N[C@H](CCC(=O)O)C(=O)N[C@@H](CCC[C@@H](N)C(=O)O)C(=O)O. The number of ether oxygens (including phenoxy) is 2. The Hall–Kier alpha value is -3.95. The Bertz CT molecular complexity index is 1110. The normalized spacial score (nSPS) is 24.3.